The zero-order chi connectivity index (χ0) is 18.7. The van der Waals surface area contributed by atoms with Crippen LogP contribution in [0.5, 0.6) is 0 Å². The highest BCUT2D eigenvalue weighted by Gasteiger charge is 2.26. The first-order valence-electron chi connectivity index (χ1n) is 8.63. The van der Waals surface area contributed by atoms with Crippen LogP contribution in [0.2, 0.25) is 0 Å². The van der Waals surface area contributed by atoms with E-state index in [-0.39, 0.29) is 23.6 Å². The number of rotatable bonds is 5. The van der Waals surface area contributed by atoms with Crippen molar-refractivity contribution in [3.05, 3.63) is 46.9 Å². The number of aryl methyl sites for hydroxylation is 1. The third kappa shape index (κ3) is 3.80. The van der Waals surface area contributed by atoms with Crippen molar-refractivity contribution >= 4 is 11.7 Å². The van der Waals surface area contributed by atoms with E-state index in [2.05, 4.69) is 30.5 Å². The molecule has 2 N–H and O–H groups in total. The quantitative estimate of drug-likeness (QED) is 0.840. The van der Waals surface area contributed by atoms with Crippen LogP contribution in [0.3, 0.4) is 0 Å². The Balaban J connectivity index is 1.69. The summed E-state index contributed by atoms with van der Waals surface area (Å²) in [4.78, 5) is 26.5. The van der Waals surface area contributed by atoms with Crippen LogP contribution >= 0.6 is 0 Å². The fraction of sp³-hybridized carbons (Fsp3) is 0.444. The third-order valence-corrected chi connectivity index (χ3v) is 4.72. The molecule has 0 unspecified atom stereocenters. The molecule has 7 nitrogen and oxygen atoms in total. The van der Waals surface area contributed by atoms with E-state index in [1.807, 2.05) is 13.8 Å². The van der Waals surface area contributed by atoms with Gasteiger partial charge in [0.25, 0.3) is 5.91 Å². The Morgan fingerprint density at radius 2 is 2.19 bits per heavy atom. The number of hydrogen-bond donors (Lipinski definition) is 2. The summed E-state index contributed by atoms with van der Waals surface area (Å²) >= 11 is 0. The Kier molecular flexibility index (Phi) is 5.41. The minimum absolute atomic E-state index is 0.181. The molecule has 1 fully saturated rings. The Hall–Kier alpha value is -2.61. The molecule has 26 heavy (non-hydrogen) atoms. The Morgan fingerprint density at radius 1 is 1.38 bits per heavy atom. The van der Waals surface area contributed by atoms with Gasteiger partial charge in [-0.3, -0.25) is 9.78 Å². The van der Waals surface area contributed by atoms with Crippen LogP contribution in [-0.4, -0.2) is 47.0 Å². The zero-order valence-electron chi connectivity index (χ0n) is 15.2. The van der Waals surface area contributed by atoms with Gasteiger partial charge >= 0.3 is 0 Å². The van der Waals surface area contributed by atoms with Gasteiger partial charge in [-0.2, -0.15) is 0 Å². The maximum absolute atomic E-state index is 13.7. The third-order valence-electron chi connectivity index (χ3n) is 4.72. The Labute approximate surface area is 152 Å². The summed E-state index contributed by atoms with van der Waals surface area (Å²) in [6.07, 6.45) is 3.74. The van der Waals surface area contributed by atoms with Gasteiger partial charge in [0.05, 0.1) is 6.20 Å². The van der Waals surface area contributed by atoms with E-state index in [9.17, 15) is 9.18 Å². The van der Waals surface area contributed by atoms with Crippen LogP contribution in [0.15, 0.2) is 18.5 Å². The van der Waals surface area contributed by atoms with Crippen molar-refractivity contribution in [1.82, 2.24) is 25.6 Å². The van der Waals surface area contributed by atoms with Crippen LogP contribution in [-0.2, 0) is 6.54 Å². The van der Waals surface area contributed by atoms with Crippen LogP contribution in [0.1, 0.15) is 33.9 Å². The lowest BCUT2D eigenvalue weighted by molar-refractivity contribution is 0.0952. The van der Waals surface area contributed by atoms with Gasteiger partial charge in [-0.25, -0.2) is 14.4 Å². The Morgan fingerprint density at radius 3 is 2.92 bits per heavy atom. The average molecular weight is 358 g/mol. The molecule has 3 heterocycles. The number of carbonyl (C=O) groups is 1. The first-order valence-corrected chi connectivity index (χ1v) is 8.63. The van der Waals surface area contributed by atoms with Gasteiger partial charge in [-0.1, -0.05) is 0 Å². The van der Waals surface area contributed by atoms with Gasteiger partial charge in [0, 0.05) is 55.7 Å². The minimum Gasteiger partial charge on any atom is -0.355 e. The number of pyridine rings is 1. The van der Waals surface area contributed by atoms with Crippen molar-refractivity contribution in [3.63, 3.8) is 0 Å². The normalized spacial score (nSPS) is 16.8. The van der Waals surface area contributed by atoms with Crippen LogP contribution in [0, 0.1) is 19.7 Å². The molecule has 2 aromatic rings. The summed E-state index contributed by atoms with van der Waals surface area (Å²) in [5.41, 5.74) is 2.37. The summed E-state index contributed by atoms with van der Waals surface area (Å²) in [5, 5.41) is 5.95. The van der Waals surface area contributed by atoms with E-state index in [1.165, 1.54) is 6.20 Å². The highest BCUT2D eigenvalue weighted by atomic mass is 19.1. The second-order valence-corrected chi connectivity index (χ2v) is 6.44. The molecular weight excluding hydrogens is 335 g/mol. The molecule has 0 radical (unpaired) electrons. The number of amides is 1. The van der Waals surface area contributed by atoms with E-state index in [1.54, 1.807) is 19.3 Å². The van der Waals surface area contributed by atoms with Gasteiger partial charge in [0.1, 0.15) is 11.6 Å². The monoisotopic (exact) mass is 358 g/mol. The molecule has 0 aliphatic carbocycles. The van der Waals surface area contributed by atoms with Crippen molar-refractivity contribution in [3.8, 4) is 0 Å². The number of nitrogens with one attached hydrogen (secondary N) is 2. The first-order chi connectivity index (χ1) is 12.5. The molecule has 2 aromatic heterocycles. The van der Waals surface area contributed by atoms with Crippen LogP contribution < -0.4 is 15.5 Å². The van der Waals surface area contributed by atoms with Crippen molar-refractivity contribution in [2.24, 2.45) is 0 Å². The molecule has 0 saturated carbocycles. The van der Waals surface area contributed by atoms with Crippen LogP contribution in [0.25, 0.3) is 0 Å². The first kappa shape index (κ1) is 18.2. The molecule has 1 amide bonds. The summed E-state index contributed by atoms with van der Waals surface area (Å²) in [7, 11) is 1.56. The predicted octanol–water partition coefficient (Wildman–Crippen LogP) is 1.36. The number of anilines is 1. The van der Waals surface area contributed by atoms with E-state index in [0.717, 1.165) is 36.6 Å². The van der Waals surface area contributed by atoms with Gasteiger partial charge in [-0.05, 0) is 26.3 Å². The highest BCUT2D eigenvalue weighted by molar-refractivity contribution is 5.90. The second-order valence-electron chi connectivity index (χ2n) is 6.44. The van der Waals surface area contributed by atoms with Crippen molar-refractivity contribution in [2.45, 2.75) is 32.9 Å². The van der Waals surface area contributed by atoms with E-state index in [0.29, 0.717) is 12.1 Å². The number of aromatic nitrogens is 3. The molecule has 1 aliphatic heterocycles. The Bertz CT molecular complexity index is 812. The molecule has 1 atom stereocenters. The maximum atomic E-state index is 13.7. The smallest absolute Gasteiger partial charge is 0.288 e. The minimum atomic E-state index is -0.299. The summed E-state index contributed by atoms with van der Waals surface area (Å²) in [5.74, 6) is 0.375. The second kappa shape index (κ2) is 7.74. The summed E-state index contributed by atoms with van der Waals surface area (Å²) in [6.45, 7) is 5.87. The van der Waals surface area contributed by atoms with Crippen LogP contribution in [0.4, 0.5) is 10.2 Å². The summed E-state index contributed by atoms with van der Waals surface area (Å²) in [6, 6.07) is 1.91. The van der Waals surface area contributed by atoms with E-state index < -0.39 is 0 Å². The molecule has 1 saturated heterocycles. The van der Waals surface area contributed by atoms with Crippen molar-refractivity contribution in [2.75, 3.05) is 25.0 Å². The SMILES string of the molecule is CNC(=O)c1nc(C)c(C)c(N2CC[C@@H](NCc3ccncc3F)C2)n1. The van der Waals surface area contributed by atoms with Gasteiger partial charge in [0.15, 0.2) is 0 Å². The molecule has 138 valence electrons. The number of nitrogens with zero attached hydrogens (tertiary/aromatic N) is 4. The molecular formula is C18H23FN6O. The largest absolute Gasteiger partial charge is 0.355 e. The molecule has 0 spiro atoms. The fourth-order valence-corrected chi connectivity index (χ4v) is 3.06. The number of carbonyl (C=O) groups excluding carboxylic acids is 1. The maximum Gasteiger partial charge on any atom is 0.288 e. The molecule has 0 aromatic carbocycles. The van der Waals surface area contributed by atoms with Crippen molar-refractivity contribution < 1.29 is 9.18 Å². The molecule has 8 heteroatoms. The molecule has 3 rings (SSSR count). The van der Waals surface area contributed by atoms with E-state index in [4.69, 9.17) is 0 Å². The number of halogens is 1. The van der Waals surface area contributed by atoms with Crippen molar-refractivity contribution in [1.29, 1.82) is 0 Å². The lowest BCUT2D eigenvalue weighted by Gasteiger charge is -2.21. The lowest BCUT2D eigenvalue weighted by atomic mass is 10.2. The zero-order valence-corrected chi connectivity index (χ0v) is 15.2. The van der Waals surface area contributed by atoms with Gasteiger partial charge in [0.2, 0.25) is 5.82 Å². The van der Waals surface area contributed by atoms with E-state index >= 15 is 0 Å². The van der Waals surface area contributed by atoms with Gasteiger partial charge in [-0.15, -0.1) is 0 Å². The number of hydrogen-bond acceptors (Lipinski definition) is 6. The fourth-order valence-electron chi connectivity index (χ4n) is 3.06. The average Bonchev–Trinajstić information content (AvgIpc) is 3.11. The highest BCUT2D eigenvalue weighted by Crippen LogP contribution is 2.24. The molecule has 1 aliphatic rings. The van der Waals surface area contributed by atoms with Gasteiger partial charge < -0.3 is 15.5 Å². The standard InChI is InChI=1S/C18H23FN6O/c1-11-12(2)23-16(18(26)20-3)24-17(11)25-7-5-14(10-25)22-8-13-4-6-21-9-15(13)19/h4,6,9,14,22H,5,7-8,10H2,1-3H3,(H,20,26)/t14-/m1/s1. The topological polar surface area (TPSA) is 83.0 Å². The molecule has 0 bridgehead atoms. The lowest BCUT2D eigenvalue weighted by Crippen LogP contribution is -2.33. The predicted molar refractivity (Wildman–Crippen MR) is 96.5 cm³/mol. The summed E-state index contributed by atoms with van der Waals surface area (Å²) < 4.78 is 13.7.